The van der Waals surface area contributed by atoms with Crippen molar-refractivity contribution in [1.82, 2.24) is 15.5 Å². The molecule has 4 nitrogen and oxygen atoms in total. The molecule has 3 heterocycles. The normalized spacial score (nSPS) is 34.7. The summed E-state index contributed by atoms with van der Waals surface area (Å²) in [5.74, 6) is 3.99. The molecule has 1 N–H and O–H groups in total. The molecule has 0 saturated carbocycles. The minimum Gasteiger partial charge on any atom is -0.339 e. The van der Waals surface area contributed by atoms with Crippen LogP contribution in [0.1, 0.15) is 42.6 Å². The third kappa shape index (κ3) is 1.86. The first-order valence-corrected chi connectivity index (χ1v) is 7.05. The van der Waals surface area contributed by atoms with E-state index in [1.807, 2.05) is 11.8 Å². The van der Waals surface area contributed by atoms with Crippen molar-refractivity contribution in [3.05, 3.63) is 11.7 Å². The van der Waals surface area contributed by atoms with E-state index in [0.717, 1.165) is 24.8 Å². The Morgan fingerprint density at radius 2 is 2.38 bits per heavy atom. The summed E-state index contributed by atoms with van der Waals surface area (Å²) < 4.78 is 5.42. The van der Waals surface area contributed by atoms with Crippen LogP contribution in [0.4, 0.5) is 0 Å². The van der Waals surface area contributed by atoms with Crippen molar-refractivity contribution < 1.29 is 4.52 Å². The summed E-state index contributed by atoms with van der Waals surface area (Å²) in [5, 5.41) is 7.98. The van der Waals surface area contributed by atoms with Crippen molar-refractivity contribution in [1.29, 1.82) is 0 Å². The SMILES string of the molecule is C[C@@H]1CNC[C@H]1c1nc(C2CCCS2)no1. The van der Waals surface area contributed by atoms with Gasteiger partial charge in [0.05, 0.1) is 11.2 Å². The number of thioether (sulfide) groups is 1. The van der Waals surface area contributed by atoms with Gasteiger partial charge in [-0.05, 0) is 31.1 Å². The zero-order valence-electron chi connectivity index (χ0n) is 9.48. The van der Waals surface area contributed by atoms with Crippen LogP contribution in [0.2, 0.25) is 0 Å². The van der Waals surface area contributed by atoms with E-state index in [4.69, 9.17) is 4.52 Å². The molecule has 3 atom stereocenters. The summed E-state index contributed by atoms with van der Waals surface area (Å²) in [5.41, 5.74) is 0. The lowest BCUT2D eigenvalue weighted by Gasteiger charge is -2.07. The average molecular weight is 239 g/mol. The van der Waals surface area contributed by atoms with Gasteiger partial charge in [0.1, 0.15) is 0 Å². The van der Waals surface area contributed by atoms with Crippen molar-refractivity contribution in [3.63, 3.8) is 0 Å². The lowest BCUT2D eigenvalue weighted by Crippen LogP contribution is -2.08. The van der Waals surface area contributed by atoms with Gasteiger partial charge in [0.25, 0.3) is 0 Å². The van der Waals surface area contributed by atoms with Crippen molar-refractivity contribution in [3.8, 4) is 0 Å². The first-order chi connectivity index (χ1) is 7.84. The molecule has 88 valence electrons. The molecule has 2 aliphatic heterocycles. The fourth-order valence-corrected chi connectivity index (χ4v) is 3.65. The molecular weight excluding hydrogens is 222 g/mol. The lowest BCUT2D eigenvalue weighted by atomic mass is 9.98. The van der Waals surface area contributed by atoms with Crippen LogP contribution in [0, 0.1) is 5.92 Å². The Bertz CT molecular complexity index is 362. The third-order valence-electron chi connectivity index (χ3n) is 3.51. The number of aromatic nitrogens is 2. The molecule has 2 fully saturated rings. The highest BCUT2D eigenvalue weighted by Gasteiger charge is 2.31. The van der Waals surface area contributed by atoms with Crippen molar-refractivity contribution in [2.75, 3.05) is 18.8 Å². The Hall–Kier alpha value is -0.550. The van der Waals surface area contributed by atoms with E-state index in [0.29, 0.717) is 17.1 Å². The van der Waals surface area contributed by atoms with Gasteiger partial charge in [-0.3, -0.25) is 0 Å². The molecule has 1 unspecified atom stereocenters. The standard InChI is InChI=1S/C11H17N3OS/c1-7-5-12-6-8(7)11-13-10(14-15-11)9-3-2-4-16-9/h7-9,12H,2-6H2,1H3/t7-,8-,9?/m1/s1. The first kappa shape index (κ1) is 10.6. The Morgan fingerprint density at radius 3 is 3.06 bits per heavy atom. The van der Waals surface area contributed by atoms with E-state index in [9.17, 15) is 0 Å². The molecule has 16 heavy (non-hydrogen) atoms. The van der Waals surface area contributed by atoms with Gasteiger partial charge in [-0.15, -0.1) is 0 Å². The molecular formula is C11H17N3OS. The van der Waals surface area contributed by atoms with E-state index in [1.165, 1.54) is 18.6 Å². The molecule has 0 spiro atoms. The van der Waals surface area contributed by atoms with E-state index in [1.54, 1.807) is 0 Å². The lowest BCUT2D eigenvalue weighted by molar-refractivity contribution is 0.336. The molecule has 5 heteroatoms. The number of nitrogens with one attached hydrogen (secondary N) is 1. The second kappa shape index (κ2) is 4.37. The van der Waals surface area contributed by atoms with Gasteiger partial charge in [-0.25, -0.2) is 0 Å². The summed E-state index contributed by atoms with van der Waals surface area (Å²) in [7, 11) is 0. The monoisotopic (exact) mass is 239 g/mol. The van der Waals surface area contributed by atoms with E-state index in [2.05, 4.69) is 22.4 Å². The van der Waals surface area contributed by atoms with Gasteiger partial charge in [0.15, 0.2) is 5.82 Å². The maximum Gasteiger partial charge on any atom is 0.231 e. The van der Waals surface area contributed by atoms with Crippen molar-refractivity contribution in [2.24, 2.45) is 5.92 Å². The van der Waals surface area contributed by atoms with Gasteiger partial charge in [-0.1, -0.05) is 12.1 Å². The summed E-state index contributed by atoms with van der Waals surface area (Å²) in [6.45, 7) is 4.26. The summed E-state index contributed by atoms with van der Waals surface area (Å²) in [4.78, 5) is 4.59. The van der Waals surface area contributed by atoms with E-state index < -0.39 is 0 Å². The van der Waals surface area contributed by atoms with Crippen LogP contribution >= 0.6 is 11.8 Å². The molecule has 0 radical (unpaired) electrons. The topological polar surface area (TPSA) is 51.0 Å². The minimum absolute atomic E-state index is 0.410. The molecule has 0 aromatic carbocycles. The Balaban J connectivity index is 1.76. The highest BCUT2D eigenvalue weighted by atomic mass is 32.2. The zero-order chi connectivity index (χ0) is 11.0. The molecule has 1 aromatic heterocycles. The van der Waals surface area contributed by atoms with Gasteiger partial charge in [0.2, 0.25) is 5.89 Å². The first-order valence-electron chi connectivity index (χ1n) is 6.00. The predicted molar refractivity (Wildman–Crippen MR) is 63.5 cm³/mol. The van der Waals surface area contributed by atoms with Gasteiger partial charge >= 0.3 is 0 Å². The second-order valence-electron chi connectivity index (χ2n) is 4.73. The number of hydrogen-bond donors (Lipinski definition) is 1. The van der Waals surface area contributed by atoms with Crippen molar-refractivity contribution in [2.45, 2.75) is 30.9 Å². The average Bonchev–Trinajstić information content (AvgIpc) is 2.96. The molecule has 0 bridgehead atoms. The summed E-state index contributed by atoms with van der Waals surface area (Å²) in [6.07, 6.45) is 2.47. The Kier molecular flexibility index (Phi) is 2.90. The zero-order valence-corrected chi connectivity index (χ0v) is 10.3. The fourth-order valence-electron chi connectivity index (χ4n) is 2.45. The van der Waals surface area contributed by atoms with E-state index in [-0.39, 0.29) is 0 Å². The molecule has 3 rings (SSSR count). The smallest absolute Gasteiger partial charge is 0.231 e. The van der Waals surface area contributed by atoms with Crippen LogP contribution < -0.4 is 5.32 Å². The highest BCUT2D eigenvalue weighted by molar-refractivity contribution is 7.99. The van der Waals surface area contributed by atoms with Gasteiger partial charge < -0.3 is 9.84 Å². The summed E-state index contributed by atoms with van der Waals surface area (Å²) >= 11 is 1.95. The maximum absolute atomic E-state index is 5.42. The van der Waals surface area contributed by atoms with Gasteiger partial charge in [0, 0.05) is 6.54 Å². The van der Waals surface area contributed by atoms with Crippen LogP contribution in [-0.2, 0) is 0 Å². The second-order valence-corrected chi connectivity index (χ2v) is 6.05. The van der Waals surface area contributed by atoms with Crippen LogP contribution in [0.5, 0.6) is 0 Å². The van der Waals surface area contributed by atoms with E-state index >= 15 is 0 Å². The van der Waals surface area contributed by atoms with Crippen LogP contribution in [0.15, 0.2) is 4.52 Å². The Morgan fingerprint density at radius 1 is 1.44 bits per heavy atom. The quantitative estimate of drug-likeness (QED) is 0.855. The van der Waals surface area contributed by atoms with Crippen LogP contribution in [0.25, 0.3) is 0 Å². The molecule has 2 aliphatic rings. The predicted octanol–water partition coefficient (Wildman–Crippen LogP) is 1.96. The number of rotatable bonds is 2. The van der Waals surface area contributed by atoms with Gasteiger partial charge in [-0.2, -0.15) is 16.7 Å². The largest absolute Gasteiger partial charge is 0.339 e. The van der Waals surface area contributed by atoms with Crippen molar-refractivity contribution >= 4 is 11.8 Å². The highest BCUT2D eigenvalue weighted by Crippen LogP contribution is 2.39. The molecule has 2 saturated heterocycles. The molecule has 0 aliphatic carbocycles. The third-order valence-corrected chi connectivity index (χ3v) is 4.88. The summed E-state index contributed by atoms with van der Waals surface area (Å²) in [6, 6.07) is 0. The maximum atomic E-state index is 5.42. The minimum atomic E-state index is 0.410. The van der Waals surface area contributed by atoms with Crippen LogP contribution in [0.3, 0.4) is 0 Å². The number of hydrogen-bond acceptors (Lipinski definition) is 5. The molecule has 1 aromatic rings. The Labute approximate surface area is 99.6 Å². The number of nitrogens with zero attached hydrogens (tertiary/aromatic N) is 2. The molecule has 0 amide bonds. The fraction of sp³-hybridized carbons (Fsp3) is 0.818. The van der Waals surface area contributed by atoms with Crippen LogP contribution in [-0.4, -0.2) is 29.0 Å².